The van der Waals surface area contributed by atoms with Crippen LogP contribution in [0.15, 0.2) is 53.7 Å². The van der Waals surface area contributed by atoms with E-state index in [1.54, 1.807) is 7.11 Å². The van der Waals surface area contributed by atoms with E-state index in [2.05, 4.69) is 24.0 Å². The van der Waals surface area contributed by atoms with Gasteiger partial charge in [-0.1, -0.05) is 49.9 Å². The molecule has 0 fully saturated rings. The minimum atomic E-state index is -0.369. The summed E-state index contributed by atoms with van der Waals surface area (Å²) in [6.07, 6.45) is 0. The largest absolute Gasteiger partial charge is 0.497 e. The molecule has 1 heterocycles. The predicted molar refractivity (Wildman–Crippen MR) is 114 cm³/mol. The lowest BCUT2D eigenvalue weighted by atomic mass is 10.0. The summed E-state index contributed by atoms with van der Waals surface area (Å²) in [5.41, 5.74) is 2.99. The van der Waals surface area contributed by atoms with Crippen molar-refractivity contribution in [2.24, 2.45) is 0 Å². The monoisotopic (exact) mass is 412 g/mol. The normalized spacial score (nSPS) is 12.2. The Balaban J connectivity index is 1.93. The van der Waals surface area contributed by atoms with E-state index in [1.165, 1.54) is 17.3 Å². The Bertz CT molecular complexity index is 969. The Morgan fingerprint density at radius 1 is 1.07 bits per heavy atom. The van der Waals surface area contributed by atoms with Crippen LogP contribution in [0.5, 0.6) is 5.75 Å². The van der Waals surface area contributed by atoms with Gasteiger partial charge < -0.3 is 4.74 Å². The van der Waals surface area contributed by atoms with E-state index >= 15 is 0 Å². The maximum absolute atomic E-state index is 11.3. The van der Waals surface area contributed by atoms with Gasteiger partial charge in [0.05, 0.1) is 7.11 Å². The zero-order valence-corrected chi connectivity index (χ0v) is 17.7. The highest BCUT2D eigenvalue weighted by Crippen LogP contribution is 2.36. The van der Waals surface area contributed by atoms with Crippen molar-refractivity contribution in [2.75, 3.05) is 13.7 Å². The SMILES string of the molecule is COc1ccc(-n2c(C)nnc2S[C@H](C[N+](=O)[O-])c2ccc(C(C)C)cc2)cc1. The lowest BCUT2D eigenvalue weighted by molar-refractivity contribution is -0.479. The van der Waals surface area contributed by atoms with Crippen LogP contribution in [0.25, 0.3) is 5.69 Å². The summed E-state index contributed by atoms with van der Waals surface area (Å²) < 4.78 is 7.12. The van der Waals surface area contributed by atoms with Crippen LogP contribution < -0.4 is 4.74 Å². The molecule has 1 atom stereocenters. The molecule has 0 spiro atoms. The quantitative estimate of drug-likeness (QED) is 0.300. The lowest BCUT2D eigenvalue weighted by Crippen LogP contribution is -2.11. The molecule has 0 unspecified atom stereocenters. The molecule has 3 rings (SSSR count). The van der Waals surface area contributed by atoms with Crippen LogP contribution in [0.2, 0.25) is 0 Å². The fraction of sp³-hybridized carbons (Fsp3) is 0.333. The van der Waals surface area contributed by atoms with Gasteiger partial charge in [0.15, 0.2) is 5.16 Å². The van der Waals surface area contributed by atoms with E-state index in [0.29, 0.717) is 16.9 Å². The Hall–Kier alpha value is -2.87. The standard InChI is InChI=1S/C21H24N4O3S/c1-14(2)16-5-7-17(8-6-16)20(13-24(26)27)29-21-23-22-15(3)25(21)18-9-11-19(28-4)12-10-18/h5-12,14,20H,13H2,1-4H3/t20-/m1/s1. The molecule has 0 aliphatic carbocycles. The van der Waals surface area contributed by atoms with Crippen molar-refractivity contribution in [3.05, 3.63) is 75.6 Å². The van der Waals surface area contributed by atoms with Crippen molar-refractivity contribution in [2.45, 2.75) is 37.1 Å². The summed E-state index contributed by atoms with van der Waals surface area (Å²) in [7, 11) is 1.62. The van der Waals surface area contributed by atoms with Gasteiger partial charge >= 0.3 is 0 Å². The zero-order valence-electron chi connectivity index (χ0n) is 16.9. The minimum Gasteiger partial charge on any atom is -0.497 e. The Labute approximate surface area is 174 Å². The molecule has 0 aliphatic rings. The second-order valence-electron chi connectivity index (χ2n) is 7.01. The maximum atomic E-state index is 11.3. The molecule has 0 saturated carbocycles. The fourth-order valence-electron chi connectivity index (χ4n) is 3.02. The van der Waals surface area contributed by atoms with Gasteiger partial charge in [-0.3, -0.25) is 14.7 Å². The first-order valence-electron chi connectivity index (χ1n) is 9.33. The first-order chi connectivity index (χ1) is 13.9. The summed E-state index contributed by atoms with van der Waals surface area (Å²) in [4.78, 5) is 11.0. The number of nitro groups is 1. The van der Waals surface area contributed by atoms with Gasteiger partial charge in [-0.05, 0) is 48.2 Å². The summed E-state index contributed by atoms with van der Waals surface area (Å²) in [6.45, 7) is 5.91. The van der Waals surface area contributed by atoms with Crippen molar-refractivity contribution in [3.8, 4) is 11.4 Å². The van der Waals surface area contributed by atoms with Crippen LogP contribution in [0, 0.1) is 17.0 Å². The smallest absolute Gasteiger partial charge is 0.220 e. The van der Waals surface area contributed by atoms with E-state index in [9.17, 15) is 10.1 Å². The van der Waals surface area contributed by atoms with Crippen molar-refractivity contribution >= 4 is 11.8 Å². The molecule has 0 N–H and O–H groups in total. The Morgan fingerprint density at radius 3 is 2.24 bits per heavy atom. The van der Waals surface area contributed by atoms with E-state index in [1.807, 2.05) is 60.0 Å². The van der Waals surface area contributed by atoms with Crippen molar-refractivity contribution in [1.29, 1.82) is 0 Å². The number of thioether (sulfide) groups is 1. The average Bonchev–Trinajstić information content (AvgIpc) is 3.07. The number of hydrogen-bond acceptors (Lipinski definition) is 6. The molecule has 0 bridgehead atoms. The summed E-state index contributed by atoms with van der Waals surface area (Å²) in [5, 5.41) is 20.0. The Morgan fingerprint density at radius 2 is 1.69 bits per heavy atom. The highest BCUT2D eigenvalue weighted by atomic mass is 32.2. The number of ether oxygens (including phenoxy) is 1. The topological polar surface area (TPSA) is 83.1 Å². The number of hydrogen-bond donors (Lipinski definition) is 0. The molecular formula is C21H24N4O3S. The molecule has 0 aliphatic heterocycles. The molecule has 29 heavy (non-hydrogen) atoms. The highest BCUT2D eigenvalue weighted by molar-refractivity contribution is 7.99. The van der Waals surface area contributed by atoms with E-state index in [4.69, 9.17) is 4.74 Å². The molecule has 7 nitrogen and oxygen atoms in total. The third-order valence-corrected chi connectivity index (χ3v) is 5.84. The van der Waals surface area contributed by atoms with Gasteiger partial charge in [-0.2, -0.15) is 0 Å². The zero-order chi connectivity index (χ0) is 21.0. The molecule has 0 amide bonds. The second-order valence-corrected chi connectivity index (χ2v) is 8.18. The molecule has 3 aromatic rings. The van der Waals surface area contributed by atoms with Crippen molar-refractivity contribution < 1.29 is 9.66 Å². The van der Waals surface area contributed by atoms with E-state index in [-0.39, 0.29) is 16.7 Å². The molecule has 1 aromatic heterocycles. The highest BCUT2D eigenvalue weighted by Gasteiger charge is 2.24. The summed E-state index contributed by atoms with van der Waals surface area (Å²) >= 11 is 1.35. The molecule has 0 radical (unpaired) electrons. The number of aryl methyl sites for hydroxylation is 1. The van der Waals surface area contributed by atoms with Crippen LogP contribution in [0.1, 0.15) is 42.0 Å². The molecule has 0 saturated heterocycles. The number of benzene rings is 2. The first-order valence-corrected chi connectivity index (χ1v) is 10.2. The van der Waals surface area contributed by atoms with E-state index in [0.717, 1.165) is 17.0 Å². The maximum Gasteiger partial charge on any atom is 0.220 e. The van der Waals surface area contributed by atoms with Crippen LogP contribution in [0.4, 0.5) is 0 Å². The van der Waals surface area contributed by atoms with Gasteiger partial charge in [-0.25, -0.2) is 0 Å². The summed E-state index contributed by atoms with van der Waals surface area (Å²) in [5.74, 6) is 1.88. The third kappa shape index (κ3) is 4.95. The molecule has 152 valence electrons. The molecule has 2 aromatic carbocycles. The number of rotatable bonds is 8. The average molecular weight is 413 g/mol. The molecular weight excluding hydrogens is 388 g/mol. The molecule has 8 heteroatoms. The van der Waals surface area contributed by atoms with Crippen LogP contribution in [-0.4, -0.2) is 33.3 Å². The lowest BCUT2D eigenvalue weighted by Gasteiger charge is -2.15. The van der Waals surface area contributed by atoms with Gasteiger partial charge in [0.25, 0.3) is 0 Å². The number of nitrogens with zero attached hydrogens (tertiary/aromatic N) is 4. The minimum absolute atomic E-state index is 0.194. The van der Waals surface area contributed by atoms with Gasteiger partial charge in [0.2, 0.25) is 6.54 Å². The van der Waals surface area contributed by atoms with Gasteiger partial charge in [0, 0.05) is 10.6 Å². The number of methoxy groups -OCH3 is 1. The van der Waals surface area contributed by atoms with Crippen LogP contribution >= 0.6 is 11.8 Å². The third-order valence-electron chi connectivity index (χ3n) is 4.66. The number of aromatic nitrogens is 3. The van der Waals surface area contributed by atoms with Crippen LogP contribution in [-0.2, 0) is 0 Å². The van der Waals surface area contributed by atoms with Crippen molar-refractivity contribution in [1.82, 2.24) is 14.8 Å². The fourth-order valence-corrected chi connectivity index (χ4v) is 4.19. The first kappa shape index (κ1) is 20.9. The second kappa shape index (κ2) is 9.09. The van der Waals surface area contributed by atoms with Crippen molar-refractivity contribution in [3.63, 3.8) is 0 Å². The predicted octanol–water partition coefficient (Wildman–Crippen LogP) is 4.82. The summed E-state index contributed by atoms with van der Waals surface area (Å²) in [6, 6.07) is 15.6. The van der Waals surface area contributed by atoms with Crippen LogP contribution in [0.3, 0.4) is 0 Å². The van der Waals surface area contributed by atoms with Gasteiger partial charge in [0.1, 0.15) is 16.8 Å². The van der Waals surface area contributed by atoms with E-state index < -0.39 is 0 Å². The van der Waals surface area contributed by atoms with Gasteiger partial charge in [-0.15, -0.1) is 10.2 Å². The Kier molecular flexibility index (Phi) is 6.53.